The summed E-state index contributed by atoms with van der Waals surface area (Å²) in [5.41, 5.74) is 7.64. The number of nitrogen functional groups attached to an aromatic ring is 1. The summed E-state index contributed by atoms with van der Waals surface area (Å²) in [5.74, 6) is 1.86. The largest absolute Gasteiger partial charge is 0.398 e. The molecule has 0 aliphatic rings. The molecule has 0 atom stereocenters. The molecule has 4 nitrogen and oxygen atoms in total. The van der Waals surface area contributed by atoms with Crippen LogP contribution in [0.15, 0.2) is 24.7 Å². The summed E-state index contributed by atoms with van der Waals surface area (Å²) in [5, 5.41) is 0. The Balaban J connectivity index is 2.42. The van der Waals surface area contributed by atoms with Crippen molar-refractivity contribution in [3.63, 3.8) is 0 Å². The van der Waals surface area contributed by atoms with Crippen LogP contribution in [-0.4, -0.2) is 14.5 Å². The highest BCUT2D eigenvalue weighted by molar-refractivity contribution is 5.49. The summed E-state index contributed by atoms with van der Waals surface area (Å²) >= 11 is 0. The molecule has 0 amide bonds. The van der Waals surface area contributed by atoms with Crippen molar-refractivity contribution < 1.29 is 0 Å². The molecule has 0 aliphatic heterocycles. The van der Waals surface area contributed by atoms with Crippen LogP contribution in [-0.2, 0) is 6.42 Å². The summed E-state index contributed by atoms with van der Waals surface area (Å²) in [6.07, 6.45) is 7.52. The van der Waals surface area contributed by atoms with E-state index in [1.165, 1.54) is 0 Å². The average molecular weight is 216 g/mol. The Kier molecular flexibility index (Phi) is 2.90. The van der Waals surface area contributed by atoms with Crippen molar-refractivity contribution in [3.8, 4) is 5.82 Å². The number of pyridine rings is 1. The van der Waals surface area contributed by atoms with Crippen LogP contribution in [0, 0.1) is 6.92 Å². The van der Waals surface area contributed by atoms with E-state index in [0.29, 0.717) is 0 Å². The fourth-order valence-electron chi connectivity index (χ4n) is 1.61. The molecular formula is C12H16N4. The quantitative estimate of drug-likeness (QED) is 0.854. The molecule has 0 saturated carbocycles. The summed E-state index contributed by atoms with van der Waals surface area (Å²) < 4.78 is 1.99. The molecule has 2 aromatic heterocycles. The van der Waals surface area contributed by atoms with Gasteiger partial charge in [0.15, 0.2) is 0 Å². The Morgan fingerprint density at radius 3 is 2.88 bits per heavy atom. The summed E-state index contributed by atoms with van der Waals surface area (Å²) in [4.78, 5) is 8.68. The van der Waals surface area contributed by atoms with Crippen molar-refractivity contribution in [3.05, 3.63) is 36.0 Å². The maximum atomic E-state index is 5.88. The topological polar surface area (TPSA) is 56.7 Å². The molecule has 4 heteroatoms. The van der Waals surface area contributed by atoms with Crippen LogP contribution in [0.5, 0.6) is 0 Å². The third kappa shape index (κ3) is 1.91. The Labute approximate surface area is 95.1 Å². The van der Waals surface area contributed by atoms with Gasteiger partial charge in [-0.15, -0.1) is 0 Å². The first kappa shape index (κ1) is 10.7. The van der Waals surface area contributed by atoms with E-state index in [0.717, 1.165) is 35.7 Å². The summed E-state index contributed by atoms with van der Waals surface area (Å²) in [7, 11) is 0. The van der Waals surface area contributed by atoms with Crippen LogP contribution >= 0.6 is 0 Å². The number of nitrogens with two attached hydrogens (primary N) is 1. The predicted molar refractivity (Wildman–Crippen MR) is 64.5 cm³/mol. The van der Waals surface area contributed by atoms with Crippen molar-refractivity contribution in [1.82, 2.24) is 14.5 Å². The van der Waals surface area contributed by atoms with E-state index in [4.69, 9.17) is 5.73 Å². The van der Waals surface area contributed by atoms with Crippen LogP contribution < -0.4 is 5.73 Å². The van der Waals surface area contributed by atoms with Crippen molar-refractivity contribution in [1.29, 1.82) is 0 Å². The smallest absolute Gasteiger partial charge is 0.140 e. The second-order valence-corrected chi connectivity index (χ2v) is 3.86. The highest BCUT2D eigenvalue weighted by atomic mass is 15.1. The van der Waals surface area contributed by atoms with Crippen molar-refractivity contribution in [2.24, 2.45) is 0 Å². The number of rotatable bonds is 3. The first-order valence-corrected chi connectivity index (χ1v) is 5.47. The molecule has 0 radical (unpaired) electrons. The minimum atomic E-state index is 0.765. The predicted octanol–water partition coefficient (Wildman–Crippen LogP) is 2.11. The number of anilines is 1. The molecule has 0 saturated heterocycles. The molecular weight excluding hydrogens is 200 g/mol. The summed E-state index contributed by atoms with van der Waals surface area (Å²) in [6.45, 7) is 4.09. The molecule has 0 bridgehead atoms. The number of aromatic nitrogens is 3. The van der Waals surface area contributed by atoms with Crippen LogP contribution in [0.1, 0.15) is 24.7 Å². The third-order valence-corrected chi connectivity index (χ3v) is 2.57. The molecule has 16 heavy (non-hydrogen) atoms. The van der Waals surface area contributed by atoms with Gasteiger partial charge in [0.2, 0.25) is 0 Å². The van der Waals surface area contributed by atoms with Gasteiger partial charge in [0.1, 0.15) is 11.6 Å². The molecule has 2 aromatic rings. The van der Waals surface area contributed by atoms with Gasteiger partial charge in [-0.2, -0.15) is 0 Å². The number of hydrogen-bond acceptors (Lipinski definition) is 3. The van der Waals surface area contributed by atoms with Gasteiger partial charge in [-0.05, 0) is 18.9 Å². The van der Waals surface area contributed by atoms with E-state index >= 15 is 0 Å². The van der Waals surface area contributed by atoms with E-state index in [1.54, 1.807) is 12.4 Å². The molecule has 2 rings (SSSR count). The van der Waals surface area contributed by atoms with Crippen molar-refractivity contribution in [2.45, 2.75) is 26.7 Å². The average Bonchev–Trinajstić information content (AvgIpc) is 2.71. The molecule has 0 aromatic carbocycles. The van der Waals surface area contributed by atoms with Gasteiger partial charge in [-0.25, -0.2) is 9.97 Å². The van der Waals surface area contributed by atoms with Crippen molar-refractivity contribution >= 4 is 5.69 Å². The number of imidazole rings is 1. The maximum absolute atomic E-state index is 5.88. The van der Waals surface area contributed by atoms with Crippen molar-refractivity contribution in [2.75, 3.05) is 5.73 Å². The Morgan fingerprint density at radius 2 is 2.19 bits per heavy atom. The highest BCUT2D eigenvalue weighted by Gasteiger charge is 2.06. The lowest BCUT2D eigenvalue weighted by Gasteiger charge is -2.08. The van der Waals surface area contributed by atoms with Gasteiger partial charge >= 0.3 is 0 Å². The molecule has 0 spiro atoms. The first-order valence-electron chi connectivity index (χ1n) is 5.47. The molecule has 0 aliphatic carbocycles. The van der Waals surface area contributed by atoms with E-state index in [2.05, 4.69) is 16.9 Å². The van der Waals surface area contributed by atoms with Gasteiger partial charge in [-0.3, -0.25) is 4.57 Å². The maximum Gasteiger partial charge on any atom is 0.140 e. The zero-order valence-corrected chi connectivity index (χ0v) is 9.64. The fourth-order valence-corrected chi connectivity index (χ4v) is 1.61. The molecule has 0 unspecified atom stereocenters. The summed E-state index contributed by atoms with van der Waals surface area (Å²) in [6, 6.07) is 1.89. The Bertz CT molecular complexity index is 488. The fraction of sp³-hybridized carbons (Fsp3) is 0.333. The van der Waals surface area contributed by atoms with Crippen LogP contribution in [0.4, 0.5) is 5.69 Å². The SMILES string of the molecule is CCCc1nccn1-c1cc(N)c(C)cn1. The minimum absolute atomic E-state index is 0.765. The highest BCUT2D eigenvalue weighted by Crippen LogP contribution is 2.15. The van der Waals surface area contributed by atoms with Crippen LogP contribution in [0.2, 0.25) is 0 Å². The lowest BCUT2D eigenvalue weighted by Crippen LogP contribution is -2.04. The van der Waals surface area contributed by atoms with Gasteiger partial charge in [0.05, 0.1) is 0 Å². The number of aryl methyl sites for hydroxylation is 2. The Hall–Kier alpha value is -1.84. The van der Waals surface area contributed by atoms with Gasteiger partial charge in [-0.1, -0.05) is 6.92 Å². The van der Waals surface area contributed by atoms with Gasteiger partial charge in [0, 0.05) is 36.8 Å². The second kappa shape index (κ2) is 4.35. The van der Waals surface area contributed by atoms with E-state index in [1.807, 2.05) is 23.8 Å². The van der Waals surface area contributed by atoms with Crippen LogP contribution in [0.25, 0.3) is 5.82 Å². The van der Waals surface area contributed by atoms with Gasteiger partial charge in [0.25, 0.3) is 0 Å². The van der Waals surface area contributed by atoms with E-state index in [9.17, 15) is 0 Å². The molecule has 2 heterocycles. The Morgan fingerprint density at radius 1 is 1.38 bits per heavy atom. The standard InChI is InChI=1S/C12H16N4/c1-3-4-11-14-5-6-16(11)12-7-10(13)9(2)8-15-12/h5-8H,3-4H2,1-2H3,(H2,13,15). The zero-order valence-electron chi connectivity index (χ0n) is 9.64. The monoisotopic (exact) mass is 216 g/mol. The molecule has 84 valence electrons. The second-order valence-electron chi connectivity index (χ2n) is 3.86. The normalized spacial score (nSPS) is 10.6. The molecule has 0 fully saturated rings. The zero-order chi connectivity index (χ0) is 11.5. The number of nitrogens with zero attached hydrogens (tertiary/aromatic N) is 3. The van der Waals surface area contributed by atoms with E-state index < -0.39 is 0 Å². The van der Waals surface area contributed by atoms with E-state index in [-0.39, 0.29) is 0 Å². The lowest BCUT2D eigenvalue weighted by molar-refractivity contribution is 0.798. The lowest BCUT2D eigenvalue weighted by atomic mass is 10.2. The number of hydrogen-bond donors (Lipinski definition) is 1. The first-order chi connectivity index (χ1) is 7.72. The van der Waals surface area contributed by atoms with Crippen LogP contribution in [0.3, 0.4) is 0 Å². The minimum Gasteiger partial charge on any atom is -0.398 e. The third-order valence-electron chi connectivity index (χ3n) is 2.57. The van der Waals surface area contributed by atoms with Gasteiger partial charge < -0.3 is 5.73 Å². The molecule has 2 N–H and O–H groups in total.